The van der Waals surface area contributed by atoms with E-state index in [1.165, 1.54) is 0 Å². The molecule has 1 amide bonds. The van der Waals surface area contributed by atoms with Crippen molar-refractivity contribution in [3.05, 3.63) is 47.3 Å². The standard InChI is InChI=1S/C18H23N3O2/c1-12-11-15(20-21(12)18(2,3)4)17(22)19-14-9-10-23-16-8-6-5-7-13(14)16/h5-8,11,14H,9-10H2,1-4H3,(H,19,22). The van der Waals surface area contributed by atoms with Gasteiger partial charge in [-0.3, -0.25) is 9.48 Å². The summed E-state index contributed by atoms with van der Waals surface area (Å²) in [4.78, 5) is 12.6. The Morgan fingerprint density at radius 2 is 2.09 bits per heavy atom. The number of nitrogens with zero attached hydrogens (tertiary/aromatic N) is 2. The lowest BCUT2D eigenvalue weighted by Crippen LogP contribution is -2.33. The van der Waals surface area contributed by atoms with E-state index in [0.29, 0.717) is 12.3 Å². The SMILES string of the molecule is Cc1cc(C(=O)NC2CCOc3ccccc32)nn1C(C)(C)C. The summed E-state index contributed by atoms with van der Waals surface area (Å²) >= 11 is 0. The fourth-order valence-corrected chi connectivity index (χ4v) is 2.99. The van der Waals surface area contributed by atoms with Crippen LogP contribution < -0.4 is 10.1 Å². The summed E-state index contributed by atoms with van der Waals surface area (Å²) < 4.78 is 7.53. The molecule has 0 saturated carbocycles. The van der Waals surface area contributed by atoms with Gasteiger partial charge in [0.2, 0.25) is 0 Å². The van der Waals surface area contributed by atoms with E-state index in [0.717, 1.165) is 23.4 Å². The van der Waals surface area contributed by atoms with Gasteiger partial charge < -0.3 is 10.1 Å². The van der Waals surface area contributed by atoms with E-state index in [9.17, 15) is 4.79 Å². The van der Waals surface area contributed by atoms with Gasteiger partial charge in [0.25, 0.3) is 5.91 Å². The number of carbonyl (C=O) groups is 1. The Bertz CT molecular complexity index is 728. The summed E-state index contributed by atoms with van der Waals surface area (Å²) in [5.74, 6) is 0.707. The van der Waals surface area contributed by atoms with E-state index >= 15 is 0 Å². The second-order valence-electron chi connectivity index (χ2n) is 6.95. The molecule has 0 bridgehead atoms. The highest BCUT2D eigenvalue weighted by molar-refractivity contribution is 5.92. The lowest BCUT2D eigenvalue weighted by atomic mass is 10.0. The van der Waals surface area contributed by atoms with Crippen molar-refractivity contribution in [2.75, 3.05) is 6.61 Å². The first-order valence-corrected chi connectivity index (χ1v) is 7.96. The minimum Gasteiger partial charge on any atom is -0.493 e. The number of benzene rings is 1. The van der Waals surface area contributed by atoms with Gasteiger partial charge in [-0.1, -0.05) is 18.2 Å². The molecule has 2 aromatic rings. The third-order valence-corrected chi connectivity index (χ3v) is 4.02. The van der Waals surface area contributed by atoms with Gasteiger partial charge in [0.1, 0.15) is 11.4 Å². The number of rotatable bonds is 2. The second-order valence-corrected chi connectivity index (χ2v) is 6.95. The average Bonchev–Trinajstić information content (AvgIpc) is 2.90. The molecule has 5 heteroatoms. The molecule has 0 fully saturated rings. The molecule has 122 valence electrons. The number of amides is 1. The highest BCUT2D eigenvalue weighted by Gasteiger charge is 2.25. The van der Waals surface area contributed by atoms with Gasteiger partial charge in [-0.25, -0.2) is 0 Å². The van der Waals surface area contributed by atoms with E-state index in [1.54, 1.807) is 0 Å². The number of aromatic nitrogens is 2. The molecule has 1 N–H and O–H groups in total. The lowest BCUT2D eigenvalue weighted by Gasteiger charge is -2.26. The molecule has 0 radical (unpaired) electrons. The molecular formula is C18H23N3O2. The highest BCUT2D eigenvalue weighted by Crippen LogP contribution is 2.31. The maximum Gasteiger partial charge on any atom is 0.272 e. The van der Waals surface area contributed by atoms with E-state index in [-0.39, 0.29) is 17.5 Å². The fourth-order valence-electron chi connectivity index (χ4n) is 2.99. The van der Waals surface area contributed by atoms with E-state index in [4.69, 9.17) is 4.74 Å². The third kappa shape index (κ3) is 3.09. The minimum absolute atomic E-state index is 0.0347. The molecule has 1 aliphatic rings. The summed E-state index contributed by atoms with van der Waals surface area (Å²) in [6.45, 7) is 8.80. The molecule has 2 heterocycles. The Labute approximate surface area is 136 Å². The molecule has 0 spiro atoms. The molecule has 1 aromatic carbocycles. The first kappa shape index (κ1) is 15.6. The topological polar surface area (TPSA) is 56.1 Å². The van der Waals surface area contributed by atoms with Crippen LogP contribution in [0.3, 0.4) is 0 Å². The summed E-state index contributed by atoms with van der Waals surface area (Å²) in [7, 11) is 0. The Morgan fingerprint density at radius 1 is 1.35 bits per heavy atom. The van der Waals surface area contributed by atoms with Gasteiger partial charge in [-0.2, -0.15) is 5.10 Å². The Balaban J connectivity index is 1.81. The van der Waals surface area contributed by atoms with Gasteiger partial charge in [-0.05, 0) is 39.8 Å². The average molecular weight is 313 g/mol. The molecule has 1 aliphatic heterocycles. The minimum atomic E-state index is -0.145. The zero-order chi connectivity index (χ0) is 16.6. The summed E-state index contributed by atoms with van der Waals surface area (Å²) in [5, 5.41) is 7.56. The Morgan fingerprint density at radius 3 is 2.78 bits per heavy atom. The zero-order valence-electron chi connectivity index (χ0n) is 14.1. The third-order valence-electron chi connectivity index (χ3n) is 4.02. The molecule has 23 heavy (non-hydrogen) atoms. The number of hydrogen-bond donors (Lipinski definition) is 1. The summed E-state index contributed by atoms with van der Waals surface area (Å²) in [5.41, 5.74) is 2.32. The quantitative estimate of drug-likeness (QED) is 0.926. The smallest absolute Gasteiger partial charge is 0.272 e. The van der Waals surface area contributed by atoms with Gasteiger partial charge in [0.05, 0.1) is 18.2 Å². The predicted octanol–water partition coefficient (Wildman–Crippen LogP) is 3.20. The highest BCUT2D eigenvalue weighted by atomic mass is 16.5. The van der Waals surface area contributed by atoms with Crippen molar-refractivity contribution < 1.29 is 9.53 Å². The van der Waals surface area contributed by atoms with Crippen LogP contribution in [0.2, 0.25) is 0 Å². The van der Waals surface area contributed by atoms with Crippen molar-refractivity contribution in [2.24, 2.45) is 0 Å². The normalized spacial score (nSPS) is 17.3. The molecule has 3 rings (SSSR count). The number of hydrogen-bond acceptors (Lipinski definition) is 3. The molecule has 0 saturated heterocycles. The molecule has 1 unspecified atom stereocenters. The Kier molecular flexibility index (Phi) is 3.88. The Hall–Kier alpha value is -2.30. The first-order chi connectivity index (χ1) is 10.9. The van der Waals surface area contributed by atoms with Crippen molar-refractivity contribution in [2.45, 2.75) is 45.7 Å². The van der Waals surface area contributed by atoms with Gasteiger partial charge in [-0.15, -0.1) is 0 Å². The van der Waals surface area contributed by atoms with Crippen molar-refractivity contribution in [1.29, 1.82) is 0 Å². The van der Waals surface area contributed by atoms with Crippen LogP contribution in [0.15, 0.2) is 30.3 Å². The largest absolute Gasteiger partial charge is 0.493 e. The van der Waals surface area contributed by atoms with Crippen molar-refractivity contribution in [1.82, 2.24) is 15.1 Å². The van der Waals surface area contributed by atoms with Crippen LogP contribution in [-0.4, -0.2) is 22.3 Å². The summed E-state index contributed by atoms with van der Waals surface area (Å²) in [6.07, 6.45) is 0.766. The molecule has 1 atom stereocenters. The van der Waals surface area contributed by atoms with Crippen LogP contribution in [0.4, 0.5) is 0 Å². The zero-order valence-corrected chi connectivity index (χ0v) is 14.1. The van der Waals surface area contributed by atoms with E-state index in [1.807, 2.05) is 41.9 Å². The van der Waals surface area contributed by atoms with Crippen LogP contribution in [0.25, 0.3) is 0 Å². The van der Waals surface area contributed by atoms with Crippen LogP contribution in [0, 0.1) is 6.92 Å². The van der Waals surface area contributed by atoms with Crippen LogP contribution in [0.5, 0.6) is 5.75 Å². The summed E-state index contributed by atoms with van der Waals surface area (Å²) in [6, 6.07) is 9.64. The monoisotopic (exact) mass is 313 g/mol. The fraction of sp³-hybridized carbons (Fsp3) is 0.444. The van der Waals surface area contributed by atoms with E-state index < -0.39 is 0 Å². The number of fused-ring (bicyclic) bond motifs is 1. The number of nitrogens with one attached hydrogen (secondary N) is 1. The van der Waals surface area contributed by atoms with Gasteiger partial charge in [0, 0.05) is 17.7 Å². The molecule has 0 aliphatic carbocycles. The van der Waals surface area contributed by atoms with E-state index in [2.05, 4.69) is 31.2 Å². The molecular weight excluding hydrogens is 290 g/mol. The van der Waals surface area contributed by atoms with Crippen LogP contribution >= 0.6 is 0 Å². The van der Waals surface area contributed by atoms with Crippen molar-refractivity contribution >= 4 is 5.91 Å². The van der Waals surface area contributed by atoms with Gasteiger partial charge >= 0.3 is 0 Å². The first-order valence-electron chi connectivity index (χ1n) is 7.96. The maximum absolute atomic E-state index is 12.6. The number of aryl methyl sites for hydroxylation is 1. The number of para-hydroxylation sites is 1. The number of carbonyl (C=O) groups excluding carboxylic acids is 1. The molecule has 5 nitrogen and oxygen atoms in total. The van der Waals surface area contributed by atoms with Crippen molar-refractivity contribution in [3.8, 4) is 5.75 Å². The second kappa shape index (κ2) is 5.72. The number of ether oxygens (including phenoxy) is 1. The van der Waals surface area contributed by atoms with Crippen LogP contribution in [0.1, 0.15) is 55.0 Å². The van der Waals surface area contributed by atoms with Crippen LogP contribution in [-0.2, 0) is 5.54 Å². The van der Waals surface area contributed by atoms with Crippen molar-refractivity contribution in [3.63, 3.8) is 0 Å². The lowest BCUT2D eigenvalue weighted by molar-refractivity contribution is 0.0918. The maximum atomic E-state index is 12.6. The van der Waals surface area contributed by atoms with Gasteiger partial charge in [0.15, 0.2) is 0 Å². The molecule has 1 aromatic heterocycles. The predicted molar refractivity (Wildman–Crippen MR) is 88.7 cm³/mol.